The Kier molecular flexibility index (Phi) is 9.18. The lowest BCUT2D eigenvalue weighted by molar-refractivity contribution is -0.119. The van der Waals surface area contributed by atoms with E-state index < -0.39 is 15.9 Å². The quantitative estimate of drug-likeness (QED) is 0.373. The summed E-state index contributed by atoms with van der Waals surface area (Å²) in [5, 5.41) is 3.32. The molecule has 186 valence electrons. The highest BCUT2D eigenvalue weighted by Gasteiger charge is 2.27. The second-order valence-electron chi connectivity index (χ2n) is 7.98. The summed E-state index contributed by atoms with van der Waals surface area (Å²) < 4.78 is 33.6. The molecular formula is C27H31ClN2O4S. The average molecular weight is 515 g/mol. The third-order valence-electron chi connectivity index (χ3n) is 5.66. The van der Waals surface area contributed by atoms with E-state index in [9.17, 15) is 13.2 Å². The number of aryl methyl sites for hydroxylation is 2. The van der Waals surface area contributed by atoms with Crippen molar-refractivity contribution in [2.45, 2.75) is 45.1 Å². The molecule has 35 heavy (non-hydrogen) atoms. The van der Waals surface area contributed by atoms with Gasteiger partial charge in [-0.3, -0.25) is 9.10 Å². The van der Waals surface area contributed by atoms with Crippen molar-refractivity contribution in [1.29, 1.82) is 0 Å². The molecule has 0 unspecified atom stereocenters. The molecular weight excluding hydrogens is 484 g/mol. The summed E-state index contributed by atoms with van der Waals surface area (Å²) in [4.78, 5) is 13.0. The highest BCUT2D eigenvalue weighted by atomic mass is 35.5. The van der Waals surface area contributed by atoms with Crippen molar-refractivity contribution in [2.75, 3.05) is 17.5 Å². The topological polar surface area (TPSA) is 75.7 Å². The van der Waals surface area contributed by atoms with Crippen LogP contribution in [0.4, 0.5) is 5.69 Å². The molecule has 0 radical (unpaired) electrons. The largest absolute Gasteiger partial charge is 0.494 e. The number of nitrogens with one attached hydrogen (secondary N) is 1. The van der Waals surface area contributed by atoms with Gasteiger partial charge in [0.25, 0.3) is 10.0 Å². The number of amides is 1. The van der Waals surface area contributed by atoms with Crippen LogP contribution in [0.5, 0.6) is 5.75 Å². The molecule has 6 nitrogen and oxygen atoms in total. The Balaban J connectivity index is 1.86. The molecule has 1 amide bonds. The summed E-state index contributed by atoms with van der Waals surface area (Å²) in [5.41, 5.74) is 3.74. The van der Waals surface area contributed by atoms with Crippen LogP contribution in [0, 0.1) is 0 Å². The van der Waals surface area contributed by atoms with E-state index in [1.54, 1.807) is 24.3 Å². The number of sulfonamides is 1. The van der Waals surface area contributed by atoms with Gasteiger partial charge in [0.05, 0.1) is 17.2 Å². The minimum atomic E-state index is -4.02. The zero-order chi connectivity index (χ0) is 25.4. The lowest BCUT2D eigenvalue weighted by Crippen LogP contribution is -2.40. The van der Waals surface area contributed by atoms with Gasteiger partial charge < -0.3 is 10.1 Å². The summed E-state index contributed by atoms with van der Waals surface area (Å²) >= 11 is 5.95. The number of hydrogen-bond donors (Lipinski definition) is 1. The van der Waals surface area contributed by atoms with Gasteiger partial charge >= 0.3 is 0 Å². The molecule has 0 saturated heterocycles. The van der Waals surface area contributed by atoms with E-state index in [0.29, 0.717) is 29.6 Å². The Morgan fingerprint density at radius 1 is 0.914 bits per heavy atom. The van der Waals surface area contributed by atoms with Crippen molar-refractivity contribution in [3.05, 3.63) is 88.4 Å². The van der Waals surface area contributed by atoms with E-state index in [2.05, 4.69) is 37.4 Å². The van der Waals surface area contributed by atoms with Crippen LogP contribution in [0.1, 0.15) is 37.5 Å². The first-order chi connectivity index (χ1) is 16.8. The van der Waals surface area contributed by atoms with Crippen molar-refractivity contribution in [3.63, 3.8) is 0 Å². The van der Waals surface area contributed by atoms with Gasteiger partial charge in [-0.1, -0.05) is 43.6 Å². The number of benzene rings is 3. The number of halogens is 1. The summed E-state index contributed by atoms with van der Waals surface area (Å²) in [7, 11) is -4.02. The molecule has 0 aliphatic rings. The number of anilines is 1. The zero-order valence-electron chi connectivity index (χ0n) is 20.3. The molecule has 8 heteroatoms. The maximum atomic E-state index is 13.5. The first-order valence-corrected chi connectivity index (χ1v) is 13.5. The van der Waals surface area contributed by atoms with Crippen LogP contribution in [-0.2, 0) is 34.2 Å². The molecule has 3 aromatic carbocycles. The Morgan fingerprint density at radius 2 is 1.60 bits per heavy atom. The Morgan fingerprint density at radius 3 is 2.20 bits per heavy atom. The minimum absolute atomic E-state index is 0.0486. The van der Waals surface area contributed by atoms with E-state index in [4.69, 9.17) is 16.3 Å². The standard InChI is InChI=1S/C27H31ClN2O4S/c1-4-20-7-8-21(5-2)22(17-20)18-29-27(31)19-30(24-11-13-25(14-12-24)34-6-3)35(32,33)26-15-9-23(28)10-16-26/h7-17H,4-6,18-19H2,1-3H3,(H,29,31). The predicted octanol–water partition coefficient (Wildman–Crippen LogP) is 5.38. The van der Waals surface area contributed by atoms with Crippen molar-refractivity contribution >= 4 is 33.2 Å². The van der Waals surface area contributed by atoms with E-state index >= 15 is 0 Å². The monoisotopic (exact) mass is 514 g/mol. The second kappa shape index (κ2) is 12.1. The van der Waals surface area contributed by atoms with E-state index in [-0.39, 0.29) is 11.4 Å². The Labute approximate surface area is 212 Å². The van der Waals surface area contributed by atoms with Crippen molar-refractivity contribution in [2.24, 2.45) is 0 Å². The van der Waals surface area contributed by atoms with Crippen LogP contribution in [0.2, 0.25) is 5.02 Å². The first-order valence-electron chi connectivity index (χ1n) is 11.7. The van der Waals surface area contributed by atoms with E-state index in [1.807, 2.05) is 6.92 Å². The highest BCUT2D eigenvalue weighted by Crippen LogP contribution is 2.26. The number of rotatable bonds is 11. The lowest BCUT2D eigenvalue weighted by atomic mass is 10.0. The van der Waals surface area contributed by atoms with E-state index in [0.717, 1.165) is 28.3 Å². The minimum Gasteiger partial charge on any atom is -0.494 e. The fourth-order valence-electron chi connectivity index (χ4n) is 3.71. The average Bonchev–Trinajstić information content (AvgIpc) is 2.86. The third-order valence-corrected chi connectivity index (χ3v) is 7.70. The lowest BCUT2D eigenvalue weighted by Gasteiger charge is -2.24. The molecule has 0 spiro atoms. The zero-order valence-corrected chi connectivity index (χ0v) is 21.8. The van der Waals surface area contributed by atoms with Gasteiger partial charge in [-0.25, -0.2) is 8.42 Å². The number of carbonyl (C=O) groups excluding carboxylic acids is 1. The first kappa shape index (κ1) is 26.6. The maximum absolute atomic E-state index is 13.5. The molecule has 0 fully saturated rings. The van der Waals surface area contributed by atoms with Gasteiger partial charge in [-0.05, 0) is 85.0 Å². The fourth-order valence-corrected chi connectivity index (χ4v) is 5.26. The fraction of sp³-hybridized carbons (Fsp3) is 0.296. The molecule has 1 N–H and O–H groups in total. The van der Waals surface area contributed by atoms with Crippen LogP contribution in [0.3, 0.4) is 0 Å². The van der Waals surface area contributed by atoms with Crippen LogP contribution in [-0.4, -0.2) is 27.5 Å². The van der Waals surface area contributed by atoms with Crippen LogP contribution in [0.15, 0.2) is 71.6 Å². The normalized spacial score (nSPS) is 11.2. The smallest absolute Gasteiger partial charge is 0.264 e. The van der Waals surface area contributed by atoms with Gasteiger partial charge in [0.2, 0.25) is 5.91 Å². The molecule has 0 aliphatic carbocycles. The summed E-state index contributed by atoms with van der Waals surface area (Å²) in [5.74, 6) is 0.216. The number of carbonyl (C=O) groups is 1. The molecule has 0 heterocycles. The van der Waals surface area contributed by atoms with Crippen molar-refractivity contribution in [3.8, 4) is 5.75 Å². The molecule has 0 aliphatic heterocycles. The van der Waals surface area contributed by atoms with Crippen molar-refractivity contribution < 1.29 is 17.9 Å². The van der Waals surface area contributed by atoms with Gasteiger partial charge in [-0.2, -0.15) is 0 Å². The van der Waals surface area contributed by atoms with Crippen molar-refractivity contribution in [1.82, 2.24) is 5.32 Å². The van der Waals surface area contributed by atoms with Gasteiger partial charge in [0.15, 0.2) is 0 Å². The molecule has 0 bridgehead atoms. The SMILES string of the molecule is CCOc1ccc(N(CC(=O)NCc2cc(CC)ccc2CC)S(=O)(=O)c2ccc(Cl)cc2)cc1. The van der Waals surface area contributed by atoms with Gasteiger partial charge in [0, 0.05) is 11.6 Å². The van der Waals surface area contributed by atoms with E-state index in [1.165, 1.54) is 29.8 Å². The summed E-state index contributed by atoms with van der Waals surface area (Å²) in [6.07, 6.45) is 1.74. The molecule has 3 rings (SSSR count). The van der Waals surface area contributed by atoms with Crippen LogP contribution in [0.25, 0.3) is 0 Å². The number of hydrogen-bond acceptors (Lipinski definition) is 4. The number of ether oxygens (including phenoxy) is 1. The molecule has 0 saturated carbocycles. The molecule has 0 atom stereocenters. The van der Waals surface area contributed by atoms with Gasteiger partial charge in [0.1, 0.15) is 12.3 Å². The maximum Gasteiger partial charge on any atom is 0.264 e. The second-order valence-corrected chi connectivity index (χ2v) is 10.3. The third kappa shape index (κ3) is 6.77. The van der Waals surface area contributed by atoms with Crippen LogP contribution >= 0.6 is 11.6 Å². The summed E-state index contributed by atoms with van der Waals surface area (Å²) in [6, 6.07) is 18.8. The van der Waals surface area contributed by atoms with Gasteiger partial charge in [-0.15, -0.1) is 0 Å². The molecule has 0 aromatic heterocycles. The molecule has 3 aromatic rings. The Bertz CT molecular complexity index is 1240. The Hall–Kier alpha value is -3.03. The predicted molar refractivity (Wildman–Crippen MR) is 141 cm³/mol. The number of nitrogens with zero attached hydrogens (tertiary/aromatic N) is 1. The highest BCUT2D eigenvalue weighted by molar-refractivity contribution is 7.92. The summed E-state index contributed by atoms with van der Waals surface area (Å²) in [6.45, 7) is 6.48. The van der Waals surface area contributed by atoms with Crippen LogP contribution < -0.4 is 14.4 Å².